The van der Waals surface area contributed by atoms with Gasteiger partial charge in [0.1, 0.15) is 11.6 Å². The number of halogens is 1. The zero-order valence-electron chi connectivity index (χ0n) is 11.4. The van der Waals surface area contributed by atoms with Crippen molar-refractivity contribution in [1.82, 2.24) is 0 Å². The van der Waals surface area contributed by atoms with Crippen molar-refractivity contribution in [2.75, 3.05) is 16.8 Å². The summed E-state index contributed by atoms with van der Waals surface area (Å²) in [6.07, 6.45) is 0. The second kappa shape index (κ2) is 6.49. The lowest BCUT2D eigenvalue weighted by molar-refractivity contribution is -0.113. The second-order valence-corrected chi connectivity index (χ2v) is 5.96. The fraction of sp³-hybridized carbons (Fsp3) is 0.133. The predicted molar refractivity (Wildman–Crippen MR) is 81.9 cm³/mol. The van der Waals surface area contributed by atoms with Crippen LogP contribution in [0.25, 0.3) is 0 Å². The van der Waals surface area contributed by atoms with Crippen LogP contribution in [0.15, 0.2) is 47.4 Å². The van der Waals surface area contributed by atoms with Gasteiger partial charge in [-0.05, 0) is 48.9 Å². The molecule has 0 aliphatic rings. The Balaban J connectivity index is 2.03. The minimum absolute atomic E-state index is 0.195. The van der Waals surface area contributed by atoms with Crippen LogP contribution in [0.1, 0.15) is 5.56 Å². The van der Waals surface area contributed by atoms with Crippen molar-refractivity contribution in [3.63, 3.8) is 0 Å². The lowest BCUT2D eigenvalue weighted by Gasteiger charge is -2.10. The minimum atomic E-state index is -1.52. The first-order chi connectivity index (χ1) is 9.97. The van der Waals surface area contributed by atoms with Crippen molar-refractivity contribution in [3.05, 3.63) is 53.8 Å². The van der Waals surface area contributed by atoms with Gasteiger partial charge in [0, 0.05) is 16.3 Å². The molecule has 0 saturated heterocycles. The van der Waals surface area contributed by atoms with Gasteiger partial charge in [-0.1, -0.05) is 6.07 Å². The van der Waals surface area contributed by atoms with E-state index >= 15 is 0 Å². The summed E-state index contributed by atoms with van der Waals surface area (Å²) in [7, 11) is -1.52. The maximum atomic E-state index is 12.8. The third kappa shape index (κ3) is 3.88. The Morgan fingerprint density at radius 3 is 2.57 bits per heavy atom. The van der Waals surface area contributed by atoms with Crippen LogP contribution in [0.4, 0.5) is 15.8 Å². The standard InChI is InChI=1S/C15H15FN2O2S/c1-10-13(17)3-2-4-14(10)18-15(19)9-21(20)12-7-5-11(16)6-8-12/h2-8H,9,17H2,1H3,(H,18,19). The molecule has 0 heterocycles. The lowest BCUT2D eigenvalue weighted by Crippen LogP contribution is -2.20. The zero-order chi connectivity index (χ0) is 15.4. The van der Waals surface area contributed by atoms with E-state index in [-0.39, 0.29) is 11.7 Å². The van der Waals surface area contributed by atoms with Gasteiger partial charge in [-0.25, -0.2) is 4.39 Å². The number of anilines is 2. The minimum Gasteiger partial charge on any atom is -0.398 e. The summed E-state index contributed by atoms with van der Waals surface area (Å²) in [4.78, 5) is 12.3. The first-order valence-electron chi connectivity index (χ1n) is 6.26. The Kier molecular flexibility index (Phi) is 4.70. The van der Waals surface area contributed by atoms with Crippen LogP contribution in [0.3, 0.4) is 0 Å². The highest BCUT2D eigenvalue weighted by molar-refractivity contribution is 7.85. The molecule has 0 bridgehead atoms. The van der Waals surface area contributed by atoms with Gasteiger partial charge in [-0.15, -0.1) is 0 Å². The summed E-state index contributed by atoms with van der Waals surface area (Å²) in [5, 5.41) is 2.68. The summed E-state index contributed by atoms with van der Waals surface area (Å²) in [5.41, 5.74) is 7.69. The molecule has 2 aromatic rings. The number of nitrogens with one attached hydrogen (secondary N) is 1. The smallest absolute Gasteiger partial charge is 0.237 e. The molecular weight excluding hydrogens is 291 g/mol. The maximum Gasteiger partial charge on any atom is 0.237 e. The van der Waals surface area contributed by atoms with E-state index in [1.54, 1.807) is 25.1 Å². The van der Waals surface area contributed by atoms with Crippen molar-refractivity contribution in [1.29, 1.82) is 0 Å². The molecular formula is C15H15FN2O2S. The molecule has 6 heteroatoms. The fourth-order valence-electron chi connectivity index (χ4n) is 1.76. The lowest BCUT2D eigenvalue weighted by atomic mass is 10.1. The Morgan fingerprint density at radius 1 is 1.24 bits per heavy atom. The Hall–Kier alpha value is -2.21. The largest absolute Gasteiger partial charge is 0.398 e. The molecule has 0 fully saturated rings. The quantitative estimate of drug-likeness (QED) is 0.852. The van der Waals surface area contributed by atoms with Gasteiger partial charge >= 0.3 is 0 Å². The number of carbonyl (C=O) groups excluding carboxylic acids is 1. The molecule has 0 aromatic heterocycles. The number of carbonyl (C=O) groups is 1. The predicted octanol–water partition coefficient (Wildman–Crippen LogP) is 2.46. The molecule has 0 aliphatic heterocycles. The molecule has 0 saturated carbocycles. The monoisotopic (exact) mass is 306 g/mol. The first-order valence-corrected chi connectivity index (χ1v) is 7.58. The highest BCUT2D eigenvalue weighted by atomic mass is 32.2. The Morgan fingerprint density at radius 2 is 1.90 bits per heavy atom. The van der Waals surface area contributed by atoms with Crippen LogP contribution in [0.2, 0.25) is 0 Å². The van der Waals surface area contributed by atoms with Crippen molar-refractivity contribution in [2.45, 2.75) is 11.8 Å². The van der Waals surface area contributed by atoms with E-state index in [4.69, 9.17) is 5.73 Å². The van der Waals surface area contributed by atoms with Gasteiger partial charge in [0.05, 0.1) is 10.8 Å². The van der Waals surface area contributed by atoms with Gasteiger partial charge in [-0.2, -0.15) is 0 Å². The fourth-order valence-corrected chi connectivity index (χ4v) is 2.68. The summed E-state index contributed by atoms with van der Waals surface area (Å²) >= 11 is 0. The number of nitrogens with two attached hydrogens (primary N) is 1. The van der Waals surface area contributed by atoms with Crippen LogP contribution in [-0.2, 0) is 15.6 Å². The van der Waals surface area contributed by atoms with Crippen molar-refractivity contribution >= 4 is 28.1 Å². The van der Waals surface area contributed by atoms with Crippen molar-refractivity contribution < 1.29 is 13.4 Å². The maximum absolute atomic E-state index is 12.8. The third-order valence-corrected chi connectivity index (χ3v) is 4.31. The highest BCUT2D eigenvalue weighted by Crippen LogP contribution is 2.20. The van der Waals surface area contributed by atoms with E-state index in [1.807, 2.05) is 0 Å². The van der Waals surface area contributed by atoms with Crippen LogP contribution in [-0.4, -0.2) is 15.9 Å². The number of nitrogen functional groups attached to an aromatic ring is 1. The zero-order valence-corrected chi connectivity index (χ0v) is 12.2. The molecule has 0 aliphatic carbocycles. The number of rotatable bonds is 4. The van der Waals surface area contributed by atoms with E-state index in [1.165, 1.54) is 24.3 Å². The summed E-state index contributed by atoms with van der Waals surface area (Å²) in [6, 6.07) is 10.4. The van der Waals surface area contributed by atoms with Gasteiger partial charge in [0.2, 0.25) is 5.91 Å². The van der Waals surface area contributed by atoms with Gasteiger partial charge in [0.25, 0.3) is 0 Å². The average Bonchev–Trinajstić information content (AvgIpc) is 2.44. The van der Waals surface area contributed by atoms with E-state index < -0.39 is 16.6 Å². The average molecular weight is 306 g/mol. The molecule has 0 spiro atoms. The molecule has 110 valence electrons. The number of hydrogen-bond donors (Lipinski definition) is 2. The molecule has 1 atom stereocenters. The van der Waals surface area contributed by atoms with E-state index in [2.05, 4.69) is 5.32 Å². The molecule has 2 aromatic carbocycles. The van der Waals surface area contributed by atoms with E-state index in [9.17, 15) is 13.4 Å². The molecule has 4 nitrogen and oxygen atoms in total. The van der Waals surface area contributed by atoms with Crippen LogP contribution in [0.5, 0.6) is 0 Å². The molecule has 1 amide bonds. The molecule has 1 unspecified atom stereocenters. The topological polar surface area (TPSA) is 72.2 Å². The SMILES string of the molecule is Cc1c(N)cccc1NC(=O)CS(=O)c1ccc(F)cc1. The summed E-state index contributed by atoms with van der Waals surface area (Å²) < 4.78 is 24.8. The number of hydrogen-bond acceptors (Lipinski definition) is 3. The molecule has 2 rings (SSSR count). The molecule has 21 heavy (non-hydrogen) atoms. The van der Waals surface area contributed by atoms with Gasteiger partial charge < -0.3 is 11.1 Å². The van der Waals surface area contributed by atoms with Crippen LogP contribution < -0.4 is 11.1 Å². The first kappa shape index (κ1) is 15.2. The van der Waals surface area contributed by atoms with Gasteiger partial charge in [-0.3, -0.25) is 9.00 Å². The number of amides is 1. The van der Waals surface area contributed by atoms with Crippen molar-refractivity contribution in [3.8, 4) is 0 Å². The van der Waals surface area contributed by atoms with Crippen LogP contribution >= 0.6 is 0 Å². The number of benzene rings is 2. The molecule has 3 N–H and O–H groups in total. The van der Waals surface area contributed by atoms with E-state index in [0.29, 0.717) is 16.3 Å². The van der Waals surface area contributed by atoms with Crippen LogP contribution in [0, 0.1) is 12.7 Å². The second-order valence-electron chi connectivity index (χ2n) is 4.51. The van der Waals surface area contributed by atoms with Crippen molar-refractivity contribution in [2.24, 2.45) is 0 Å². The highest BCUT2D eigenvalue weighted by Gasteiger charge is 2.12. The third-order valence-electron chi connectivity index (χ3n) is 2.99. The summed E-state index contributed by atoms with van der Waals surface area (Å²) in [6.45, 7) is 1.79. The normalized spacial score (nSPS) is 11.9. The molecule has 0 radical (unpaired) electrons. The van der Waals surface area contributed by atoms with Gasteiger partial charge in [0.15, 0.2) is 0 Å². The van der Waals surface area contributed by atoms with E-state index in [0.717, 1.165) is 5.56 Å². The Bertz CT molecular complexity index is 687. The Labute approximate surface area is 124 Å². The summed E-state index contributed by atoms with van der Waals surface area (Å²) in [5.74, 6) is -0.984.